The number of rotatable bonds is 4. The van der Waals surface area contributed by atoms with Gasteiger partial charge in [0.1, 0.15) is 11.6 Å². The number of nitrogens with zero attached hydrogens (tertiary/aromatic N) is 3. The number of methoxy groups -OCH3 is 1. The number of amides is 1. The first-order valence-electron chi connectivity index (χ1n) is 8.87. The molecule has 1 aromatic heterocycles. The third-order valence-corrected chi connectivity index (χ3v) is 4.52. The number of imidazole rings is 1. The highest BCUT2D eigenvalue weighted by Gasteiger charge is 2.25. The molecule has 6 heteroatoms. The van der Waals surface area contributed by atoms with Crippen molar-refractivity contribution >= 4 is 16.9 Å². The van der Waals surface area contributed by atoms with E-state index in [9.17, 15) is 4.79 Å². The van der Waals surface area contributed by atoms with Crippen LogP contribution in [0.1, 0.15) is 33.0 Å². The normalized spacial score (nSPS) is 16.4. The van der Waals surface area contributed by atoms with Crippen LogP contribution in [0.3, 0.4) is 0 Å². The number of hydrogen-bond donors (Lipinski definition) is 1. The molecule has 2 heterocycles. The Morgan fingerprint density at radius 3 is 2.60 bits per heavy atom. The summed E-state index contributed by atoms with van der Waals surface area (Å²) in [4.78, 5) is 24.7. The first kappa shape index (κ1) is 17.7. The van der Waals surface area contributed by atoms with Crippen LogP contribution >= 0.6 is 0 Å². The van der Waals surface area contributed by atoms with Crippen molar-refractivity contribution < 1.29 is 9.53 Å². The van der Waals surface area contributed by atoms with Gasteiger partial charge in [0.2, 0.25) is 5.91 Å². The Labute approximate surface area is 149 Å². The van der Waals surface area contributed by atoms with Gasteiger partial charge in [0.05, 0.1) is 24.7 Å². The molecule has 0 spiro atoms. The standard InChI is InChI=1S/C19H28N4O2/c1-19(2,3)12-18(24)23-9-7-22(8-10-23)13-17-20-15-6-5-14(25-4)11-16(15)21-17/h5-6,11H,7-10,12-13H2,1-4H3,(H,20,21). The van der Waals surface area contributed by atoms with Gasteiger partial charge in [-0.05, 0) is 17.5 Å². The highest BCUT2D eigenvalue weighted by Crippen LogP contribution is 2.21. The van der Waals surface area contributed by atoms with E-state index >= 15 is 0 Å². The zero-order valence-electron chi connectivity index (χ0n) is 15.6. The van der Waals surface area contributed by atoms with E-state index in [-0.39, 0.29) is 11.3 Å². The molecular weight excluding hydrogens is 316 g/mol. The van der Waals surface area contributed by atoms with E-state index in [1.165, 1.54) is 0 Å². The number of piperazine rings is 1. The van der Waals surface area contributed by atoms with Crippen molar-refractivity contribution in [2.45, 2.75) is 33.7 Å². The van der Waals surface area contributed by atoms with Crippen LogP contribution in [0.5, 0.6) is 5.75 Å². The van der Waals surface area contributed by atoms with Crippen molar-refractivity contribution in [3.63, 3.8) is 0 Å². The zero-order chi connectivity index (χ0) is 18.0. The number of aromatic amines is 1. The maximum absolute atomic E-state index is 12.3. The lowest BCUT2D eigenvalue weighted by Crippen LogP contribution is -2.49. The predicted octanol–water partition coefficient (Wildman–Crippen LogP) is 2.65. The van der Waals surface area contributed by atoms with Crippen molar-refractivity contribution in [3.05, 3.63) is 24.0 Å². The summed E-state index contributed by atoms with van der Waals surface area (Å²) < 4.78 is 5.25. The Balaban J connectivity index is 1.56. The molecule has 0 unspecified atom stereocenters. The fourth-order valence-electron chi connectivity index (χ4n) is 3.18. The fourth-order valence-corrected chi connectivity index (χ4v) is 3.18. The first-order chi connectivity index (χ1) is 11.8. The van der Waals surface area contributed by atoms with Gasteiger partial charge >= 0.3 is 0 Å². The lowest BCUT2D eigenvalue weighted by atomic mass is 9.91. The maximum atomic E-state index is 12.3. The second-order valence-electron chi connectivity index (χ2n) is 7.96. The average Bonchev–Trinajstić information content (AvgIpc) is 2.95. The van der Waals surface area contributed by atoms with Crippen molar-refractivity contribution in [2.24, 2.45) is 5.41 Å². The molecule has 0 aliphatic carbocycles. The van der Waals surface area contributed by atoms with Crippen molar-refractivity contribution in [1.82, 2.24) is 19.8 Å². The topological polar surface area (TPSA) is 61.5 Å². The third kappa shape index (κ3) is 4.51. The van der Waals surface area contributed by atoms with Crippen molar-refractivity contribution in [1.29, 1.82) is 0 Å². The SMILES string of the molecule is COc1ccc2nc(CN3CCN(C(=O)CC(C)(C)C)CC3)[nH]c2c1. The molecule has 6 nitrogen and oxygen atoms in total. The van der Waals surface area contributed by atoms with E-state index in [2.05, 4.69) is 35.6 Å². The average molecular weight is 344 g/mol. The lowest BCUT2D eigenvalue weighted by Gasteiger charge is -2.35. The molecule has 3 rings (SSSR count). The molecule has 0 radical (unpaired) electrons. The van der Waals surface area contributed by atoms with Crippen molar-refractivity contribution in [2.75, 3.05) is 33.3 Å². The Kier molecular flexibility index (Phi) is 4.99. The van der Waals surface area contributed by atoms with Gasteiger partial charge in [-0.2, -0.15) is 0 Å². The van der Waals surface area contributed by atoms with Gasteiger partial charge in [-0.25, -0.2) is 4.98 Å². The van der Waals surface area contributed by atoms with Gasteiger partial charge in [0.25, 0.3) is 0 Å². The van der Waals surface area contributed by atoms with Crippen LogP contribution in [-0.2, 0) is 11.3 Å². The summed E-state index contributed by atoms with van der Waals surface area (Å²) in [5, 5.41) is 0. The van der Waals surface area contributed by atoms with Crippen LogP contribution in [-0.4, -0.2) is 59.0 Å². The summed E-state index contributed by atoms with van der Waals surface area (Å²) in [6.07, 6.45) is 0.610. The number of nitrogens with one attached hydrogen (secondary N) is 1. The molecule has 2 aromatic rings. The molecule has 0 saturated carbocycles. The van der Waals surface area contributed by atoms with Gasteiger partial charge in [-0.3, -0.25) is 9.69 Å². The van der Waals surface area contributed by atoms with Gasteiger partial charge in [0, 0.05) is 38.7 Å². The molecule has 1 amide bonds. The molecule has 1 aromatic carbocycles. The molecular formula is C19H28N4O2. The second kappa shape index (κ2) is 7.04. The van der Waals surface area contributed by atoms with Crippen LogP contribution in [0.15, 0.2) is 18.2 Å². The maximum Gasteiger partial charge on any atom is 0.223 e. The number of hydrogen-bond acceptors (Lipinski definition) is 4. The molecule has 1 N–H and O–H groups in total. The summed E-state index contributed by atoms with van der Waals surface area (Å²) in [6, 6.07) is 5.86. The molecule has 136 valence electrons. The predicted molar refractivity (Wildman–Crippen MR) is 98.6 cm³/mol. The van der Waals surface area contributed by atoms with E-state index in [4.69, 9.17) is 4.74 Å². The van der Waals surface area contributed by atoms with Gasteiger partial charge in [0.15, 0.2) is 0 Å². The molecule has 1 saturated heterocycles. The first-order valence-corrected chi connectivity index (χ1v) is 8.87. The number of carbonyl (C=O) groups is 1. The second-order valence-corrected chi connectivity index (χ2v) is 7.96. The Morgan fingerprint density at radius 1 is 1.24 bits per heavy atom. The summed E-state index contributed by atoms with van der Waals surface area (Å²) in [5.74, 6) is 2.05. The molecule has 25 heavy (non-hydrogen) atoms. The van der Waals surface area contributed by atoms with E-state index < -0.39 is 0 Å². The molecule has 1 aliphatic rings. The van der Waals surface area contributed by atoms with E-state index in [1.54, 1.807) is 7.11 Å². The monoisotopic (exact) mass is 344 g/mol. The van der Waals surface area contributed by atoms with E-state index in [0.717, 1.165) is 55.3 Å². The molecule has 0 atom stereocenters. The minimum Gasteiger partial charge on any atom is -0.497 e. The highest BCUT2D eigenvalue weighted by molar-refractivity contribution is 5.77. The number of ether oxygens (including phenoxy) is 1. The molecule has 1 fully saturated rings. The number of aromatic nitrogens is 2. The van der Waals surface area contributed by atoms with Gasteiger partial charge in [-0.1, -0.05) is 20.8 Å². The van der Waals surface area contributed by atoms with E-state index in [0.29, 0.717) is 6.42 Å². The number of carbonyl (C=O) groups excluding carboxylic acids is 1. The van der Waals surface area contributed by atoms with Crippen LogP contribution in [0.25, 0.3) is 11.0 Å². The van der Waals surface area contributed by atoms with Crippen LogP contribution in [0, 0.1) is 5.41 Å². The Bertz CT molecular complexity index is 739. The smallest absolute Gasteiger partial charge is 0.223 e. The fraction of sp³-hybridized carbons (Fsp3) is 0.579. The Morgan fingerprint density at radius 2 is 1.96 bits per heavy atom. The summed E-state index contributed by atoms with van der Waals surface area (Å²) in [5.41, 5.74) is 1.99. The number of fused-ring (bicyclic) bond motifs is 1. The zero-order valence-corrected chi connectivity index (χ0v) is 15.6. The third-order valence-electron chi connectivity index (χ3n) is 4.52. The minimum atomic E-state index is 0.0452. The lowest BCUT2D eigenvalue weighted by molar-refractivity contribution is -0.134. The summed E-state index contributed by atoms with van der Waals surface area (Å²) >= 11 is 0. The minimum absolute atomic E-state index is 0.0452. The van der Waals surface area contributed by atoms with E-state index in [1.807, 2.05) is 23.1 Å². The van der Waals surface area contributed by atoms with Crippen LogP contribution in [0.4, 0.5) is 0 Å². The molecule has 0 bridgehead atoms. The number of benzene rings is 1. The van der Waals surface area contributed by atoms with Crippen molar-refractivity contribution in [3.8, 4) is 5.75 Å². The van der Waals surface area contributed by atoms with Gasteiger partial charge in [-0.15, -0.1) is 0 Å². The van der Waals surface area contributed by atoms with Crippen LogP contribution in [0.2, 0.25) is 0 Å². The Hall–Kier alpha value is -2.08. The summed E-state index contributed by atoms with van der Waals surface area (Å²) in [7, 11) is 1.67. The number of H-pyrrole nitrogens is 1. The largest absolute Gasteiger partial charge is 0.497 e. The van der Waals surface area contributed by atoms with Crippen LogP contribution < -0.4 is 4.74 Å². The molecule has 1 aliphatic heterocycles. The summed E-state index contributed by atoms with van der Waals surface area (Å²) in [6.45, 7) is 10.5. The quantitative estimate of drug-likeness (QED) is 0.926. The van der Waals surface area contributed by atoms with Gasteiger partial charge < -0.3 is 14.6 Å². The highest BCUT2D eigenvalue weighted by atomic mass is 16.5.